The Bertz CT molecular complexity index is 1250. The fourth-order valence-electron chi connectivity index (χ4n) is 3.90. The highest BCUT2D eigenvalue weighted by molar-refractivity contribution is 6.30. The van der Waals surface area contributed by atoms with Crippen LogP contribution in [-0.2, 0) is 27.4 Å². The SMILES string of the molecule is O=C(O)COc1ccc(Cl)cc1[C@@H]1c2cccc(F)c2CCN1OC(=O)OCc1ccccc1F. The molecule has 3 aromatic rings. The average molecular weight is 504 g/mol. The Balaban J connectivity index is 1.65. The molecule has 0 aromatic heterocycles. The summed E-state index contributed by atoms with van der Waals surface area (Å²) in [5.74, 6) is -1.97. The standard InChI is InChI=1S/C25H20ClF2NO6/c26-16-8-9-22(33-14-23(30)31)19(12-16)24-18-5-3-7-21(28)17(18)10-11-29(24)35-25(32)34-13-15-4-1-2-6-20(15)27/h1-9,12,24H,10-11,13-14H2,(H,30,31)/t24-/m0/s1. The Morgan fingerprint density at radius 1 is 1.03 bits per heavy atom. The van der Waals surface area contributed by atoms with Crippen LogP contribution in [-0.4, -0.2) is 35.4 Å². The zero-order valence-corrected chi connectivity index (χ0v) is 19.0. The van der Waals surface area contributed by atoms with Gasteiger partial charge in [0.25, 0.3) is 0 Å². The van der Waals surface area contributed by atoms with Gasteiger partial charge in [-0.25, -0.2) is 18.4 Å². The summed E-state index contributed by atoms with van der Waals surface area (Å²) in [6.45, 7) is -0.874. The fraction of sp³-hybridized carbons (Fsp3) is 0.200. The molecule has 1 aliphatic rings. The van der Waals surface area contributed by atoms with Crippen molar-refractivity contribution in [3.63, 3.8) is 0 Å². The number of carbonyl (C=O) groups excluding carboxylic acids is 1. The average Bonchev–Trinajstić information content (AvgIpc) is 2.83. The number of hydrogen-bond donors (Lipinski definition) is 1. The normalized spacial score (nSPS) is 15.2. The van der Waals surface area contributed by atoms with E-state index in [4.69, 9.17) is 31.0 Å². The molecule has 0 aliphatic carbocycles. The summed E-state index contributed by atoms with van der Waals surface area (Å²) in [6.07, 6.45) is -0.863. The van der Waals surface area contributed by atoms with E-state index in [1.807, 2.05) is 0 Å². The molecule has 0 amide bonds. The van der Waals surface area contributed by atoms with Gasteiger partial charge in [-0.1, -0.05) is 41.9 Å². The predicted octanol–water partition coefficient (Wildman–Crippen LogP) is 5.30. The van der Waals surface area contributed by atoms with Crippen molar-refractivity contribution in [2.45, 2.75) is 19.1 Å². The number of carboxylic acids is 1. The highest BCUT2D eigenvalue weighted by atomic mass is 35.5. The van der Waals surface area contributed by atoms with Gasteiger partial charge in [0.1, 0.15) is 30.0 Å². The van der Waals surface area contributed by atoms with E-state index < -0.39 is 36.4 Å². The first kappa shape index (κ1) is 24.4. The molecule has 0 radical (unpaired) electrons. The lowest BCUT2D eigenvalue weighted by atomic mass is 9.88. The molecular weight excluding hydrogens is 484 g/mol. The van der Waals surface area contributed by atoms with Crippen molar-refractivity contribution in [1.29, 1.82) is 0 Å². The molecule has 1 atom stereocenters. The van der Waals surface area contributed by atoms with Crippen molar-refractivity contribution < 1.29 is 37.8 Å². The van der Waals surface area contributed by atoms with Gasteiger partial charge in [-0.3, -0.25) is 0 Å². The summed E-state index contributed by atoms with van der Waals surface area (Å²) < 4.78 is 39.0. The first-order chi connectivity index (χ1) is 16.8. The smallest absolute Gasteiger partial charge is 0.482 e. The second kappa shape index (κ2) is 10.7. The van der Waals surface area contributed by atoms with Gasteiger partial charge in [0.2, 0.25) is 0 Å². The molecule has 0 spiro atoms. The first-order valence-electron chi connectivity index (χ1n) is 10.6. The van der Waals surface area contributed by atoms with Crippen LogP contribution in [0.25, 0.3) is 0 Å². The molecular formula is C25H20ClF2NO6. The molecule has 0 bridgehead atoms. The van der Waals surface area contributed by atoms with E-state index in [-0.39, 0.29) is 30.9 Å². The molecule has 0 saturated carbocycles. The Hall–Kier alpha value is -3.69. The van der Waals surface area contributed by atoms with E-state index in [2.05, 4.69) is 0 Å². The molecule has 35 heavy (non-hydrogen) atoms. The van der Waals surface area contributed by atoms with E-state index in [1.165, 1.54) is 53.6 Å². The maximum atomic E-state index is 14.6. The lowest BCUT2D eigenvalue weighted by Crippen LogP contribution is -2.38. The van der Waals surface area contributed by atoms with Gasteiger partial charge in [-0.05, 0) is 47.9 Å². The maximum absolute atomic E-state index is 14.6. The van der Waals surface area contributed by atoms with Crippen LogP contribution < -0.4 is 4.74 Å². The number of aliphatic carboxylic acids is 1. The van der Waals surface area contributed by atoms with Gasteiger partial charge in [0.15, 0.2) is 6.61 Å². The van der Waals surface area contributed by atoms with Crippen LogP contribution in [0.1, 0.15) is 28.3 Å². The van der Waals surface area contributed by atoms with E-state index in [9.17, 15) is 18.4 Å². The lowest BCUT2D eigenvalue weighted by Gasteiger charge is -2.36. The number of hydrogen-bond acceptors (Lipinski definition) is 6. The van der Waals surface area contributed by atoms with Gasteiger partial charge >= 0.3 is 12.1 Å². The van der Waals surface area contributed by atoms with Crippen molar-refractivity contribution in [3.05, 3.63) is 99.6 Å². The number of fused-ring (bicyclic) bond motifs is 1. The fourth-order valence-corrected chi connectivity index (χ4v) is 4.08. The number of carboxylic acid groups (broad SMARTS) is 1. The summed E-state index contributed by atoms with van der Waals surface area (Å²) in [5.41, 5.74) is 1.44. The van der Waals surface area contributed by atoms with Crippen molar-refractivity contribution >= 4 is 23.7 Å². The summed E-state index contributed by atoms with van der Waals surface area (Å²) in [7, 11) is 0. The molecule has 1 aliphatic heterocycles. The van der Waals surface area contributed by atoms with E-state index in [1.54, 1.807) is 12.1 Å². The van der Waals surface area contributed by atoms with Crippen LogP contribution in [0, 0.1) is 11.6 Å². The topological polar surface area (TPSA) is 85.3 Å². The number of benzene rings is 3. The van der Waals surface area contributed by atoms with Gasteiger partial charge in [0, 0.05) is 22.7 Å². The molecule has 0 saturated heterocycles. The molecule has 10 heteroatoms. The minimum Gasteiger partial charge on any atom is -0.482 e. The van der Waals surface area contributed by atoms with Crippen LogP contribution in [0.5, 0.6) is 5.75 Å². The van der Waals surface area contributed by atoms with Crippen molar-refractivity contribution in [2.24, 2.45) is 0 Å². The highest BCUT2D eigenvalue weighted by Gasteiger charge is 2.35. The molecule has 0 unspecified atom stereocenters. The molecule has 182 valence electrons. The molecule has 0 fully saturated rings. The number of hydroxylamine groups is 2. The predicted molar refractivity (Wildman–Crippen MR) is 121 cm³/mol. The second-order valence-electron chi connectivity index (χ2n) is 7.69. The quantitative estimate of drug-likeness (QED) is 0.438. The number of rotatable bonds is 7. The summed E-state index contributed by atoms with van der Waals surface area (Å²) >= 11 is 6.21. The largest absolute Gasteiger partial charge is 0.528 e. The Morgan fingerprint density at radius 2 is 1.80 bits per heavy atom. The van der Waals surface area contributed by atoms with Gasteiger partial charge in [-0.15, -0.1) is 5.06 Å². The number of carbonyl (C=O) groups is 2. The van der Waals surface area contributed by atoms with Gasteiger partial charge < -0.3 is 19.4 Å². The first-order valence-corrected chi connectivity index (χ1v) is 11.0. The van der Waals surface area contributed by atoms with Crippen LogP contribution in [0.4, 0.5) is 13.6 Å². The lowest BCUT2D eigenvalue weighted by molar-refractivity contribution is -0.153. The third kappa shape index (κ3) is 5.70. The third-order valence-electron chi connectivity index (χ3n) is 5.43. The molecule has 1 heterocycles. The monoisotopic (exact) mass is 503 g/mol. The third-order valence-corrected chi connectivity index (χ3v) is 5.67. The molecule has 4 rings (SSSR count). The van der Waals surface area contributed by atoms with E-state index >= 15 is 0 Å². The Morgan fingerprint density at radius 3 is 2.57 bits per heavy atom. The van der Waals surface area contributed by atoms with E-state index in [0.29, 0.717) is 21.7 Å². The molecule has 7 nitrogen and oxygen atoms in total. The minimum absolute atomic E-state index is 0.0955. The summed E-state index contributed by atoms with van der Waals surface area (Å²) in [6, 6.07) is 14.0. The summed E-state index contributed by atoms with van der Waals surface area (Å²) in [5, 5.41) is 10.6. The van der Waals surface area contributed by atoms with Crippen LogP contribution >= 0.6 is 11.6 Å². The minimum atomic E-state index is -1.19. The zero-order valence-electron chi connectivity index (χ0n) is 18.2. The summed E-state index contributed by atoms with van der Waals surface area (Å²) in [4.78, 5) is 29.0. The van der Waals surface area contributed by atoms with Crippen LogP contribution in [0.2, 0.25) is 5.02 Å². The van der Waals surface area contributed by atoms with Crippen LogP contribution in [0.15, 0.2) is 60.7 Å². The van der Waals surface area contributed by atoms with Crippen molar-refractivity contribution in [3.8, 4) is 5.75 Å². The Kier molecular flexibility index (Phi) is 7.48. The number of halogens is 3. The second-order valence-corrected chi connectivity index (χ2v) is 8.12. The molecule has 3 aromatic carbocycles. The number of ether oxygens (including phenoxy) is 2. The van der Waals surface area contributed by atoms with Crippen LogP contribution in [0.3, 0.4) is 0 Å². The zero-order chi connectivity index (χ0) is 24.9. The maximum Gasteiger partial charge on any atom is 0.528 e. The number of nitrogens with zero attached hydrogens (tertiary/aromatic N) is 1. The van der Waals surface area contributed by atoms with Gasteiger partial charge in [-0.2, -0.15) is 0 Å². The highest BCUT2D eigenvalue weighted by Crippen LogP contribution is 2.41. The molecule has 1 N–H and O–H groups in total. The van der Waals surface area contributed by atoms with E-state index in [0.717, 1.165) is 0 Å². The van der Waals surface area contributed by atoms with Gasteiger partial charge in [0.05, 0.1) is 0 Å². The van der Waals surface area contributed by atoms with Crippen molar-refractivity contribution in [1.82, 2.24) is 5.06 Å². The van der Waals surface area contributed by atoms with Crippen molar-refractivity contribution in [2.75, 3.05) is 13.2 Å². The Labute approximate surface area is 204 Å².